The van der Waals surface area contributed by atoms with Crippen LogP contribution < -0.4 is 5.32 Å². The van der Waals surface area contributed by atoms with Gasteiger partial charge in [-0.15, -0.1) is 13.2 Å². The molecule has 0 saturated heterocycles. The Morgan fingerprint density at radius 1 is 1.24 bits per heavy atom. The normalized spacial score (nSPS) is 11.3. The van der Waals surface area contributed by atoms with E-state index in [2.05, 4.69) is 23.2 Å². The highest BCUT2D eigenvalue weighted by Gasteiger charge is 2.27. The zero-order chi connectivity index (χ0) is 15.7. The van der Waals surface area contributed by atoms with Crippen molar-refractivity contribution in [1.82, 2.24) is 5.32 Å². The van der Waals surface area contributed by atoms with E-state index in [1.807, 2.05) is 30.3 Å². The molecule has 1 atom stereocenters. The summed E-state index contributed by atoms with van der Waals surface area (Å²) in [6.45, 7) is 7.32. The standard InChI is InChI=1S/C16H19NO4/c1-4-13(5-2)14(15(18)20-3)17-16(19)21-11-12-9-7-6-8-10-12/h4-10,13-14H,1-2,11H2,3H3,(H,17,19). The van der Waals surface area contributed by atoms with Crippen LogP contribution in [0, 0.1) is 5.92 Å². The Balaban J connectivity index is 2.61. The van der Waals surface area contributed by atoms with Gasteiger partial charge in [0.15, 0.2) is 0 Å². The van der Waals surface area contributed by atoms with Crippen molar-refractivity contribution in [2.24, 2.45) is 5.92 Å². The van der Waals surface area contributed by atoms with Crippen LogP contribution in [0.5, 0.6) is 0 Å². The maximum atomic E-state index is 11.8. The lowest BCUT2D eigenvalue weighted by Crippen LogP contribution is -2.45. The highest BCUT2D eigenvalue weighted by molar-refractivity contribution is 5.82. The van der Waals surface area contributed by atoms with Crippen molar-refractivity contribution >= 4 is 12.1 Å². The molecule has 1 aromatic carbocycles. The fraction of sp³-hybridized carbons (Fsp3) is 0.250. The molecule has 0 heterocycles. The molecule has 1 amide bonds. The summed E-state index contributed by atoms with van der Waals surface area (Å²) in [4.78, 5) is 23.5. The van der Waals surface area contributed by atoms with Crippen molar-refractivity contribution in [3.63, 3.8) is 0 Å². The second-order valence-electron chi connectivity index (χ2n) is 4.26. The Morgan fingerprint density at radius 2 is 1.86 bits per heavy atom. The van der Waals surface area contributed by atoms with Crippen LogP contribution >= 0.6 is 0 Å². The van der Waals surface area contributed by atoms with E-state index in [4.69, 9.17) is 4.74 Å². The van der Waals surface area contributed by atoms with Gasteiger partial charge >= 0.3 is 12.1 Å². The smallest absolute Gasteiger partial charge is 0.408 e. The maximum absolute atomic E-state index is 11.8. The largest absolute Gasteiger partial charge is 0.467 e. The molecule has 5 nitrogen and oxygen atoms in total. The molecule has 112 valence electrons. The molecule has 0 fully saturated rings. The molecule has 0 aromatic heterocycles. The molecule has 1 aromatic rings. The Morgan fingerprint density at radius 3 is 2.38 bits per heavy atom. The van der Waals surface area contributed by atoms with Crippen LogP contribution in [0.2, 0.25) is 0 Å². The topological polar surface area (TPSA) is 64.6 Å². The van der Waals surface area contributed by atoms with Gasteiger partial charge < -0.3 is 14.8 Å². The van der Waals surface area contributed by atoms with Gasteiger partial charge in [-0.2, -0.15) is 0 Å². The number of carbonyl (C=O) groups is 2. The maximum Gasteiger partial charge on any atom is 0.408 e. The first-order valence-electron chi connectivity index (χ1n) is 6.42. The predicted molar refractivity (Wildman–Crippen MR) is 79.5 cm³/mol. The van der Waals surface area contributed by atoms with Crippen molar-refractivity contribution in [2.45, 2.75) is 12.6 Å². The summed E-state index contributed by atoms with van der Waals surface area (Å²) >= 11 is 0. The van der Waals surface area contributed by atoms with E-state index in [1.54, 1.807) is 0 Å². The van der Waals surface area contributed by atoms with Crippen molar-refractivity contribution in [3.8, 4) is 0 Å². The van der Waals surface area contributed by atoms with Crippen LogP contribution in [-0.4, -0.2) is 25.2 Å². The van der Waals surface area contributed by atoms with Gasteiger partial charge in [0.25, 0.3) is 0 Å². The van der Waals surface area contributed by atoms with Crippen molar-refractivity contribution in [2.75, 3.05) is 7.11 Å². The lowest BCUT2D eigenvalue weighted by atomic mass is 10.0. The minimum atomic E-state index is -0.909. The summed E-state index contributed by atoms with van der Waals surface area (Å²) in [6.07, 6.45) is 2.31. The van der Waals surface area contributed by atoms with Crippen molar-refractivity contribution in [3.05, 3.63) is 61.2 Å². The molecule has 0 spiro atoms. The average molecular weight is 289 g/mol. The minimum absolute atomic E-state index is 0.118. The van der Waals surface area contributed by atoms with Crippen molar-refractivity contribution in [1.29, 1.82) is 0 Å². The van der Waals surface area contributed by atoms with E-state index in [0.717, 1.165) is 5.56 Å². The van der Waals surface area contributed by atoms with Gasteiger partial charge in [0.1, 0.15) is 12.6 Å². The number of hydrogen-bond donors (Lipinski definition) is 1. The van der Waals surface area contributed by atoms with Crippen LogP contribution in [0.15, 0.2) is 55.6 Å². The molecule has 0 saturated carbocycles. The van der Waals surface area contributed by atoms with Crippen LogP contribution in [0.4, 0.5) is 4.79 Å². The number of amides is 1. The third kappa shape index (κ3) is 5.14. The van der Waals surface area contributed by atoms with Crippen LogP contribution in [0.3, 0.4) is 0 Å². The molecule has 1 unspecified atom stereocenters. The number of benzene rings is 1. The number of esters is 1. The van der Waals surface area contributed by atoms with Gasteiger partial charge in [0.05, 0.1) is 7.11 Å². The van der Waals surface area contributed by atoms with Crippen LogP contribution in [0.1, 0.15) is 5.56 Å². The molecule has 1 rings (SSSR count). The highest BCUT2D eigenvalue weighted by Crippen LogP contribution is 2.09. The number of ether oxygens (including phenoxy) is 2. The Bertz CT molecular complexity index is 490. The number of rotatable bonds is 7. The number of alkyl carbamates (subject to hydrolysis) is 1. The fourth-order valence-electron chi connectivity index (χ4n) is 1.70. The summed E-state index contributed by atoms with van der Waals surface area (Å²) in [7, 11) is 1.25. The molecule has 0 radical (unpaired) electrons. The molecule has 5 heteroatoms. The predicted octanol–water partition coefficient (Wildman–Crippen LogP) is 2.44. The summed E-state index contributed by atoms with van der Waals surface area (Å²) < 4.78 is 9.72. The third-order valence-electron chi connectivity index (χ3n) is 2.87. The van der Waals surface area contributed by atoms with E-state index >= 15 is 0 Å². The molecule has 0 bridgehead atoms. The van der Waals surface area contributed by atoms with Crippen molar-refractivity contribution < 1.29 is 19.1 Å². The minimum Gasteiger partial charge on any atom is -0.467 e. The van der Waals surface area contributed by atoms with Gasteiger partial charge in [0.2, 0.25) is 0 Å². The first-order valence-corrected chi connectivity index (χ1v) is 6.42. The number of hydrogen-bond acceptors (Lipinski definition) is 4. The second-order valence-corrected chi connectivity index (χ2v) is 4.26. The zero-order valence-electron chi connectivity index (χ0n) is 12.0. The Hall–Kier alpha value is -2.56. The second kappa shape index (κ2) is 8.58. The van der Waals surface area contributed by atoms with Crippen LogP contribution in [-0.2, 0) is 20.9 Å². The number of carbonyl (C=O) groups excluding carboxylic acids is 2. The van der Waals surface area contributed by atoms with Gasteiger partial charge in [-0.1, -0.05) is 42.5 Å². The molecule has 0 aliphatic rings. The Kier molecular flexibility index (Phi) is 6.74. The SMILES string of the molecule is C=CC(C=C)C(NC(=O)OCc1ccccc1)C(=O)OC. The Labute approximate surface area is 124 Å². The molecular weight excluding hydrogens is 270 g/mol. The van der Waals surface area contributed by atoms with Gasteiger partial charge in [0, 0.05) is 5.92 Å². The molecule has 1 N–H and O–H groups in total. The van der Waals surface area contributed by atoms with E-state index < -0.39 is 24.0 Å². The van der Waals surface area contributed by atoms with E-state index in [0.29, 0.717) is 0 Å². The first kappa shape index (κ1) is 16.5. The quantitative estimate of drug-likeness (QED) is 0.618. The van der Waals surface area contributed by atoms with Gasteiger partial charge in [-0.05, 0) is 5.56 Å². The van der Waals surface area contributed by atoms with Crippen LogP contribution in [0.25, 0.3) is 0 Å². The summed E-state index contributed by atoms with van der Waals surface area (Å²) in [6, 6.07) is 8.32. The lowest BCUT2D eigenvalue weighted by molar-refractivity contribution is -0.143. The van der Waals surface area contributed by atoms with E-state index in [9.17, 15) is 9.59 Å². The third-order valence-corrected chi connectivity index (χ3v) is 2.87. The summed E-state index contributed by atoms with van der Waals surface area (Å²) in [5.41, 5.74) is 0.853. The summed E-state index contributed by atoms with van der Waals surface area (Å²) in [5.74, 6) is -1.03. The lowest BCUT2D eigenvalue weighted by Gasteiger charge is -2.20. The monoisotopic (exact) mass is 289 g/mol. The van der Waals surface area contributed by atoms with E-state index in [1.165, 1.54) is 19.3 Å². The molecule has 0 aliphatic carbocycles. The summed E-state index contributed by atoms with van der Waals surface area (Å²) in [5, 5.41) is 2.46. The number of methoxy groups -OCH3 is 1. The molecule has 21 heavy (non-hydrogen) atoms. The molecular formula is C16H19NO4. The first-order chi connectivity index (χ1) is 10.1. The van der Waals surface area contributed by atoms with Gasteiger partial charge in [-0.25, -0.2) is 9.59 Å². The fourth-order valence-corrected chi connectivity index (χ4v) is 1.70. The van der Waals surface area contributed by atoms with Gasteiger partial charge in [-0.3, -0.25) is 0 Å². The zero-order valence-corrected chi connectivity index (χ0v) is 12.0. The highest BCUT2D eigenvalue weighted by atomic mass is 16.6. The van der Waals surface area contributed by atoms with E-state index in [-0.39, 0.29) is 6.61 Å². The molecule has 0 aliphatic heterocycles. The average Bonchev–Trinajstić information content (AvgIpc) is 2.53. The number of nitrogens with one attached hydrogen (secondary N) is 1.